The van der Waals surface area contributed by atoms with Crippen molar-refractivity contribution in [3.63, 3.8) is 0 Å². The number of carbonyl (C=O) groups excluding carboxylic acids is 5. The molecule has 5 aromatic rings. The second-order valence-electron chi connectivity index (χ2n) is 21.8. The van der Waals surface area contributed by atoms with Crippen molar-refractivity contribution in [3.8, 4) is 21.6 Å². The number of rotatable bonds is 26. The predicted molar refractivity (Wildman–Crippen MR) is 312 cm³/mol. The number of aromatic amines is 1. The normalized spacial score (nSPS) is 16.0. The summed E-state index contributed by atoms with van der Waals surface area (Å²) in [5, 5.41) is 22.3. The van der Waals surface area contributed by atoms with Crippen LogP contribution < -0.4 is 31.7 Å². The first-order valence-corrected chi connectivity index (χ1v) is 28.8. The summed E-state index contributed by atoms with van der Waals surface area (Å²) < 4.78 is 22.6. The van der Waals surface area contributed by atoms with Crippen LogP contribution in [0.2, 0.25) is 0 Å². The first kappa shape index (κ1) is 61.8. The number of nitrogens with zero attached hydrogens (tertiary/aromatic N) is 3. The molecular weight excluding hydrogens is 1050 g/mol. The molecule has 81 heavy (non-hydrogen) atoms. The van der Waals surface area contributed by atoms with Crippen molar-refractivity contribution in [2.45, 2.75) is 118 Å². The lowest BCUT2D eigenvalue weighted by atomic mass is 9.85. The first-order chi connectivity index (χ1) is 38.8. The summed E-state index contributed by atoms with van der Waals surface area (Å²) in [5.74, 6) is -1.74. The highest BCUT2D eigenvalue weighted by Crippen LogP contribution is 2.35. The number of amides is 5. The van der Waals surface area contributed by atoms with Gasteiger partial charge in [-0.3, -0.25) is 28.8 Å². The average Bonchev–Trinajstić information content (AvgIpc) is 4.14. The topological polar surface area (TPSA) is 243 Å². The molecule has 3 atom stereocenters. The molecule has 19 nitrogen and oxygen atoms in total. The number of carbonyl (C=O) groups is 5. The number of H-pyrrole nitrogens is 1. The van der Waals surface area contributed by atoms with Gasteiger partial charge in [0.25, 0.3) is 17.4 Å². The number of thiazole rings is 1. The predicted octanol–water partition coefficient (Wildman–Crippen LogP) is 6.31. The van der Waals surface area contributed by atoms with E-state index in [0.29, 0.717) is 43.1 Å². The third-order valence-electron chi connectivity index (χ3n) is 14.8. The Morgan fingerprint density at radius 3 is 2.14 bits per heavy atom. The van der Waals surface area contributed by atoms with Crippen LogP contribution in [0.5, 0.6) is 0 Å². The van der Waals surface area contributed by atoms with E-state index < -0.39 is 29.5 Å². The summed E-state index contributed by atoms with van der Waals surface area (Å²) in [4.78, 5) is 92.4. The summed E-state index contributed by atoms with van der Waals surface area (Å²) in [6.45, 7) is 19.3. The largest absolute Gasteiger partial charge is 0.391 e. The van der Waals surface area contributed by atoms with Crippen LogP contribution in [0.3, 0.4) is 0 Å². The minimum absolute atomic E-state index is 0.00260. The number of aromatic nitrogens is 2. The van der Waals surface area contributed by atoms with Crippen LogP contribution in [0.25, 0.3) is 21.6 Å². The van der Waals surface area contributed by atoms with Gasteiger partial charge < -0.3 is 60.1 Å². The molecule has 20 heteroatoms. The number of anilines is 1. The molecule has 2 saturated heterocycles. The van der Waals surface area contributed by atoms with Crippen LogP contribution in [0, 0.1) is 33.1 Å². The van der Waals surface area contributed by atoms with Gasteiger partial charge in [0.15, 0.2) is 0 Å². The molecule has 0 saturated carbocycles. The van der Waals surface area contributed by atoms with Crippen LogP contribution in [0.1, 0.15) is 108 Å². The zero-order valence-corrected chi connectivity index (χ0v) is 48.9. The monoisotopic (exact) mass is 1130 g/mol. The fourth-order valence-corrected chi connectivity index (χ4v) is 11.1. The number of aliphatic hydroxyl groups excluding tert-OH is 1. The molecule has 0 aliphatic carbocycles. The summed E-state index contributed by atoms with van der Waals surface area (Å²) in [5.41, 5.74) is 10.3. The molecule has 2 aromatic heterocycles. The smallest absolute Gasteiger partial charge is 0.253 e. The van der Waals surface area contributed by atoms with Crippen LogP contribution in [-0.4, -0.2) is 146 Å². The lowest BCUT2D eigenvalue weighted by Gasteiger charge is -2.37. The molecule has 2 fully saturated rings. The van der Waals surface area contributed by atoms with Crippen LogP contribution in [-0.2, 0) is 46.4 Å². The van der Waals surface area contributed by atoms with Crippen molar-refractivity contribution in [1.82, 2.24) is 36.1 Å². The van der Waals surface area contributed by atoms with Crippen molar-refractivity contribution in [2.75, 3.05) is 77.4 Å². The van der Waals surface area contributed by atoms with E-state index in [0.717, 1.165) is 74.7 Å². The van der Waals surface area contributed by atoms with Crippen molar-refractivity contribution in [3.05, 3.63) is 127 Å². The van der Waals surface area contributed by atoms with E-state index in [1.807, 2.05) is 103 Å². The minimum Gasteiger partial charge on any atom is -0.391 e. The summed E-state index contributed by atoms with van der Waals surface area (Å²) in [6.07, 6.45) is 0.956. The van der Waals surface area contributed by atoms with E-state index in [9.17, 15) is 33.9 Å². The molecule has 7 rings (SSSR count). The van der Waals surface area contributed by atoms with E-state index >= 15 is 0 Å². The number of aliphatic hydroxyl groups is 1. The van der Waals surface area contributed by atoms with Gasteiger partial charge >= 0.3 is 0 Å². The maximum absolute atomic E-state index is 14.0. The molecule has 0 bridgehead atoms. The number of nitrogens with one attached hydrogen (secondary N) is 5. The number of β-amino-alcohol motifs (C(OH)–C–C–N with tert-alkyl or cyclic N) is 1. The number of pyridine rings is 1. The van der Waals surface area contributed by atoms with E-state index in [1.54, 1.807) is 23.5 Å². The highest BCUT2D eigenvalue weighted by atomic mass is 32.1. The highest BCUT2D eigenvalue weighted by molar-refractivity contribution is 7.13. The van der Waals surface area contributed by atoms with Crippen LogP contribution in [0.4, 0.5) is 5.69 Å². The van der Waals surface area contributed by atoms with E-state index in [2.05, 4.69) is 49.1 Å². The van der Waals surface area contributed by atoms with E-state index in [1.165, 1.54) is 4.90 Å². The SMILES string of the molecule is CCN(c1cc(-c2ccc(C(=O)NCCOCCOCCOCCC(=O)NC(C(=O)N3CC(O)CC3C(=O)NCc3ccc(-c4scnc4C)cc3)C(C)(C)C)cc2)cc(C(=O)NCc2c(C)cc(C)[nH]c2=O)c1C)C1CCOCC1. The van der Waals surface area contributed by atoms with E-state index in [4.69, 9.17) is 18.9 Å². The molecular formula is C61H80N8O11S. The molecule has 2 aliphatic heterocycles. The Labute approximate surface area is 478 Å². The number of ether oxygens (including phenoxy) is 4. The number of benzene rings is 3. The van der Waals surface area contributed by atoms with Gasteiger partial charge in [-0.25, -0.2) is 4.98 Å². The fraction of sp³-hybridized carbons (Fsp3) is 0.492. The molecule has 436 valence electrons. The number of hydrogen-bond acceptors (Lipinski definition) is 14. The Morgan fingerprint density at radius 2 is 1.49 bits per heavy atom. The maximum Gasteiger partial charge on any atom is 0.253 e. The van der Waals surface area contributed by atoms with Crippen LogP contribution >= 0.6 is 11.3 Å². The lowest BCUT2D eigenvalue weighted by molar-refractivity contribution is -0.144. The summed E-state index contributed by atoms with van der Waals surface area (Å²) >= 11 is 1.57. The van der Waals surface area contributed by atoms with Crippen molar-refractivity contribution >= 4 is 46.6 Å². The number of aryl methyl sites for hydroxylation is 3. The highest BCUT2D eigenvalue weighted by Gasteiger charge is 2.44. The lowest BCUT2D eigenvalue weighted by Crippen LogP contribution is -2.57. The second kappa shape index (κ2) is 29.3. The minimum atomic E-state index is -0.954. The molecule has 2 aliphatic rings. The fourth-order valence-electron chi connectivity index (χ4n) is 10.3. The van der Waals surface area contributed by atoms with E-state index in [-0.39, 0.29) is 101 Å². The van der Waals surface area contributed by atoms with Gasteiger partial charge in [-0.2, -0.15) is 0 Å². The third kappa shape index (κ3) is 16.9. The number of likely N-dealkylation sites (tertiary alicyclic amines) is 1. The van der Waals surface area contributed by atoms with Gasteiger partial charge in [-0.05, 0) is 117 Å². The van der Waals surface area contributed by atoms with Gasteiger partial charge in [0.1, 0.15) is 12.1 Å². The standard InChI is InChI=1S/C61H80N8O11S/c1-9-68(47-18-22-77-23-19-47)51-32-46(31-49(40(51)4)57(73)64-35-50-38(2)30-39(3)66-58(50)74)43-14-16-45(17-15-43)56(72)62-21-25-79-27-29-80-28-26-78-24-20-53(71)67-55(61(6,7)8)60(76)69-36-48(70)33-52(69)59(75)63-34-42-10-12-44(13-11-42)54-41(5)65-37-81-54/h10-17,30-32,37,47-48,52,55,70H,9,18-29,33-36H2,1-8H3,(H,62,72)(H,63,75)(H,64,73)(H,66,74)(H,67,71). The van der Waals surface area contributed by atoms with Crippen LogP contribution in [0.15, 0.2) is 77.0 Å². The summed E-state index contributed by atoms with van der Waals surface area (Å²) in [6, 6.07) is 19.4. The Balaban J connectivity index is 0.799. The first-order valence-electron chi connectivity index (χ1n) is 28.0. The Kier molecular flexibility index (Phi) is 22.3. The van der Waals surface area contributed by atoms with Gasteiger partial charge in [-0.15, -0.1) is 11.3 Å². The second-order valence-corrected chi connectivity index (χ2v) is 22.6. The Hall–Kier alpha value is -6.81. The van der Waals surface area contributed by atoms with Gasteiger partial charge in [-0.1, -0.05) is 57.2 Å². The zero-order valence-electron chi connectivity index (χ0n) is 48.0. The van der Waals surface area contributed by atoms with Crippen molar-refractivity contribution < 1.29 is 48.0 Å². The average molecular weight is 1130 g/mol. The summed E-state index contributed by atoms with van der Waals surface area (Å²) in [7, 11) is 0. The quantitative estimate of drug-likeness (QED) is 0.0333. The Morgan fingerprint density at radius 1 is 0.827 bits per heavy atom. The molecule has 3 unspecified atom stereocenters. The van der Waals surface area contributed by atoms with Gasteiger partial charge in [0, 0.05) is 92.9 Å². The Bertz CT molecular complexity index is 3000. The van der Waals surface area contributed by atoms with Crippen molar-refractivity contribution in [2.24, 2.45) is 5.41 Å². The molecule has 5 amide bonds. The van der Waals surface area contributed by atoms with Gasteiger partial charge in [0.2, 0.25) is 17.7 Å². The maximum atomic E-state index is 14.0. The molecule has 0 spiro atoms. The molecule has 3 aromatic carbocycles. The molecule has 0 radical (unpaired) electrons. The molecule has 4 heterocycles. The number of hydrogen-bond donors (Lipinski definition) is 6. The van der Waals surface area contributed by atoms with Gasteiger partial charge in [0.05, 0.1) is 61.8 Å². The molecule has 6 N–H and O–H groups in total. The third-order valence-corrected chi connectivity index (χ3v) is 15.7. The zero-order chi connectivity index (χ0) is 58.2. The van der Waals surface area contributed by atoms with Crippen molar-refractivity contribution in [1.29, 1.82) is 0 Å².